The number of carbonyl (C=O) groups is 2. The van der Waals surface area contributed by atoms with Crippen molar-refractivity contribution < 1.29 is 14.3 Å². The van der Waals surface area contributed by atoms with E-state index in [2.05, 4.69) is 20.6 Å². The van der Waals surface area contributed by atoms with Crippen LogP contribution < -0.4 is 20.9 Å². The first-order valence-electron chi connectivity index (χ1n) is 8.53. The number of thioether (sulfide) groups is 1. The molecule has 3 N–H and O–H groups in total. The molecule has 2 amide bonds. The molecule has 0 fully saturated rings. The molecule has 2 aromatic rings. The van der Waals surface area contributed by atoms with Crippen molar-refractivity contribution in [1.82, 2.24) is 9.97 Å². The predicted molar refractivity (Wildman–Crippen MR) is 103 cm³/mol. The molecule has 2 heterocycles. The first-order valence-corrected chi connectivity index (χ1v) is 9.52. The van der Waals surface area contributed by atoms with Gasteiger partial charge < -0.3 is 20.4 Å². The van der Waals surface area contributed by atoms with E-state index in [1.807, 2.05) is 6.92 Å². The van der Waals surface area contributed by atoms with E-state index in [9.17, 15) is 14.4 Å². The summed E-state index contributed by atoms with van der Waals surface area (Å²) in [6, 6.07) is 6.80. The molecule has 1 aliphatic rings. The molecule has 1 aromatic heterocycles. The molecule has 0 bridgehead atoms. The van der Waals surface area contributed by atoms with E-state index >= 15 is 0 Å². The zero-order valence-electron chi connectivity index (χ0n) is 15.0. The Labute approximate surface area is 160 Å². The summed E-state index contributed by atoms with van der Waals surface area (Å²) in [5, 5.41) is 5.77. The second-order valence-electron chi connectivity index (χ2n) is 6.00. The van der Waals surface area contributed by atoms with Crippen molar-refractivity contribution in [1.29, 1.82) is 0 Å². The number of carbonyl (C=O) groups excluding carboxylic acids is 2. The third kappa shape index (κ3) is 4.30. The smallest absolute Gasteiger partial charge is 0.257 e. The Morgan fingerprint density at radius 1 is 1.33 bits per heavy atom. The number of methoxy groups -OCH3 is 1. The van der Waals surface area contributed by atoms with E-state index < -0.39 is 17.4 Å². The number of ether oxygens (including phenoxy) is 1. The van der Waals surface area contributed by atoms with Crippen molar-refractivity contribution in [2.24, 2.45) is 0 Å². The first kappa shape index (κ1) is 19.0. The maximum atomic E-state index is 12.7. The van der Waals surface area contributed by atoms with Crippen molar-refractivity contribution in [2.45, 2.75) is 30.8 Å². The lowest BCUT2D eigenvalue weighted by Crippen LogP contribution is -2.36. The summed E-state index contributed by atoms with van der Waals surface area (Å²) in [6.07, 6.45) is 0.811. The van der Waals surface area contributed by atoms with Gasteiger partial charge in [0, 0.05) is 17.9 Å². The van der Waals surface area contributed by atoms with Crippen LogP contribution in [0.4, 0.5) is 11.5 Å². The Morgan fingerprint density at radius 3 is 2.74 bits per heavy atom. The summed E-state index contributed by atoms with van der Waals surface area (Å²) in [4.78, 5) is 44.3. The second-order valence-corrected chi connectivity index (χ2v) is 7.09. The van der Waals surface area contributed by atoms with Crippen LogP contribution in [0.25, 0.3) is 0 Å². The van der Waals surface area contributed by atoms with Crippen LogP contribution in [0.1, 0.15) is 31.2 Å². The zero-order chi connectivity index (χ0) is 19.4. The number of nitrogens with one attached hydrogen (secondary N) is 3. The van der Waals surface area contributed by atoms with Crippen LogP contribution in [-0.2, 0) is 9.59 Å². The lowest BCUT2D eigenvalue weighted by Gasteiger charge is -2.23. The molecule has 142 valence electrons. The normalized spacial score (nSPS) is 15.6. The van der Waals surface area contributed by atoms with E-state index in [0.717, 1.165) is 12.2 Å². The highest BCUT2D eigenvalue weighted by Gasteiger charge is 2.34. The Hall–Kier alpha value is -2.81. The Bertz CT molecular complexity index is 911. The average Bonchev–Trinajstić information content (AvgIpc) is 2.66. The minimum Gasteiger partial charge on any atom is -0.497 e. The van der Waals surface area contributed by atoms with E-state index in [-0.39, 0.29) is 23.7 Å². The molecule has 1 atom stereocenters. The van der Waals surface area contributed by atoms with Gasteiger partial charge in [-0.15, -0.1) is 0 Å². The third-order valence-corrected chi connectivity index (χ3v) is 5.13. The number of nitrogens with zero attached hydrogens (tertiary/aromatic N) is 1. The minimum absolute atomic E-state index is 0.110. The summed E-state index contributed by atoms with van der Waals surface area (Å²) in [7, 11) is 1.55. The number of amides is 2. The fraction of sp³-hybridized carbons (Fsp3) is 0.333. The third-order valence-electron chi connectivity index (χ3n) is 4.05. The fourth-order valence-corrected chi connectivity index (χ4v) is 3.46. The monoisotopic (exact) mass is 388 g/mol. The van der Waals surface area contributed by atoms with Crippen LogP contribution in [-0.4, -0.2) is 34.6 Å². The molecule has 1 aliphatic heterocycles. The number of anilines is 2. The van der Waals surface area contributed by atoms with Crippen molar-refractivity contribution in [3.05, 3.63) is 40.2 Å². The number of rotatable bonds is 6. The van der Waals surface area contributed by atoms with Crippen molar-refractivity contribution in [2.75, 3.05) is 23.5 Å². The lowest BCUT2D eigenvalue weighted by atomic mass is 9.92. The van der Waals surface area contributed by atoms with Crippen molar-refractivity contribution >= 4 is 35.1 Å². The summed E-state index contributed by atoms with van der Waals surface area (Å²) >= 11 is 1.39. The molecular weight excluding hydrogens is 368 g/mol. The van der Waals surface area contributed by atoms with Crippen LogP contribution in [0, 0.1) is 0 Å². The van der Waals surface area contributed by atoms with Crippen LogP contribution in [0.5, 0.6) is 5.75 Å². The van der Waals surface area contributed by atoms with Gasteiger partial charge in [-0.1, -0.05) is 18.7 Å². The second kappa shape index (κ2) is 8.26. The van der Waals surface area contributed by atoms with E-state index in [1.54, 1.807) is 31.4 Å². The molecule has 8 nitrogen and oxygen atoms in total. The highest BCUT2D eigenvalue weighted by atomic mass is 32.2. The highest BCUT2D eigenvalue weighted by molar-refractivity contribution is 7.99. The maximum absolute atomic E-state index is 12.7. The molecule has 27 heavy (non-hydrogen) atoms. The van der Waals surface area contributed by atoms with Gasteiger partial charge in [0.05, 0.1) is 18.6 Å². The Balaban J connectivity index is 1.87. The van der Waals surface area contributed by atoms with E-state index in [1.165, 1.54) is 11.8 Å². The topological polar surface area (TPSA) is 113 Å². The molecule has 0 aliphatic carbocycles. The molecule has 0 saturated carbocycles. The first-order chi connectivity index (χ1) is 13.0. The van der Waals surface area contributed by atoms with Gasteiger partial charge in [-0.25, -0.2) is 4.98 Å². The Kier molecular flexibility index (Phi) is 5.80. The summed E-state index contributed by atoms with van der Waals surface area (Å²) in [5.41, 5.74) is 0.322. The summed E-state index contributed by atoms with van der Waals surface area (Å²) in [6.45, 7) is 2.02. The number of hydrogen-bond acceptors (Lipinski definition) is 6. The molecule has 0 saturated heterocycles. The zero-order valence-corrected chi connectivity index (χ0v) is 15.8. The number of H-pyrrole nitrogens is 1. The van der Waals surface area contributed by atoms with Gasteiger partial charge in [0.15, 0.2) is 5.16 Å². The van der Waals surface area contributed by atoms with Gasteiger partial charge in [0.25, 0.3) is 5.56 Å². The predicted octanol–water partition coefficient (Wildman–Crippen LogP) is 2.35. The van der Waals surface area contributed by atoms with Crippen LogP contribution in [0.2, 0.25) is 0 Å². The summed E-state index contributed by atoms with van der Waals surface area (Å²) in [5.74, 6) is -0.0785. The van der Waals surface area contributed by atoms with E-state index in [4.69, 9.17) is 4.74 Å². The average molecular weight is 388 g/mol. The molecule has 0 spiro atoms. The standard InChI is InChI=1S/C18H20N4O4S/c1-3-8-27-18-21-15-14(17(25)22-18)12(9-13(23)20-15)16(24)19-10-4-6-11(26-2)7-5-10/h4-7,12H,3,8-9H2,1-2H3,(H,19,24)(H2,20,21,22,23,25)/t12-/m0/s1. The quantitative estimate of drug-likeness (QED) is 0.517. The molecule has 3 rings (SSSR count). The SMILES string of the molecule is CCCSc1nc2c(c(=O)[nH]1)[C@@H](C(=O)Nc1ccc(OC)cc1)CC(=O)N2. The lowest BCUT2D eigenvalue weighted by molar-refractivity contribution is -0.123. The fourth-order valence-electron chi connectivity index (χ4n) is 2.75. The van der Waals surface area contributed by atoms with Crippen LogP contribution >= 0.6 is 11.8 Å². The number of benzene rings is 1. The van der Waals surface area contributed by atoms with Crippen LogP contribution in [0.15, 0.2) is 34.2 Å². The van der Waals surface area contributed by atoms with Gasteiger partial charge in [-0.05, 0) is 30.7 Å². The minimum atomic E-state index is -0.905. The Morgan fingerprint density at radius 2 is 2.07 bits per heavy atom. The van der Waals surface area contributed by atoms with Gasteiger partial charge in [0.1, 0.15) is 11.6 Å². The number of aromatic amines is 1. The van der Waals surface area contributed by atoms with E-state index in [0.29, 0.717) is 16.6 Å². The molecule has 0 unspecified atom stereocenters. The maximum Gasteiger partial charge on any atom is 0.257 e. The van der Waals surface area contributed by atoms with Gasteiger partial charge in [0.2, 0.25) is 11.8 Å². The molecule has 9 heteroatoms. The molecule has 0 radical (unpaired) electrons. The highest BCUT2D eigenvalue weighted by Crippen LogP contribution is 2.30. The van der Waals surface area contributed by atoms with Gasteiger partial charge in [-0.3, -0.25) is 14.4 Å². The van der Waals surface area contributed by atoms with Crippen molar-refractivity contribution in [3.8, 4) is 5.75 Å². The summed E-state index contributed by atoms with van der Waals surface area (Å²) < 4.78 is 5.08. The van der Waals surface area contributed by atoms with Crippen molar-refractivity contribution in [3.63, 3.8) is 0 Å². The largest absolute Gasteiger partial charge is 0.497 e. The number of aromatic nitrogens is 2. The molecule has 1 aromatic carbocycles. The molecular formula is C18H20N4O4S. The van der Waals surface area contributed by atoms with Gasteiger partial charge >= 0.3 is 0 Å². The number of fused-ring (bicyclic) bond motifs is 1. The number of hydrogen-bond donors (Lipinski definition) is 3. The van der Waals surface area contributed by atoms with Gasteiger partial charge in [-0.2, -0.15) is 0 Å². The van der Waals surface area contributed by atoms with Crippen LogP contribution in [0.3, 0.4) is 0 Å².